The fourth-order valence-electron chi connectivity index (χ4n) is 2.22. The first-order valence-electron chi connectivity index (χ1n) is 6.98. The van der Waals surface area contributed by atoms with Crippen LogP contribution in [-0.2, 0) is 0 Å². The van der Waals surface area contributed by atoms with E-state index in [0.717, 1.165) is 10.9 Å². The number of phenolic OH excluding ortho intramolecular Hbond substituents is 2. The van der Waals surface area contributed by atoms with Gasteiger partial charge in [-0.05, 0) is 41.3 Å². The molecule has 3 aromatic rings. The van der Waals surface area contributed by atoms with Gasteiger partial charge in [-0.25, -0.2) is 5.43 Å². The molecule has 0 radical (unpaired) electrons. The lowest BCUT2D eigenvalue weighted by atomic mass is 10.1. The first kappa shape index (κ1) is 14.6. The van der Waals surface area contributed by atoms with Crippen molar-refractivity contribution in [1.82, 2.24) is 5.43 Å². The highest BCUT2D eigenvalue weighted by Crippen LogP contribution is 2.28. The van der Waals surface area contributed by atoms with Crippen molar-refractivity contribution in [2.24, 2.45) is 5.10 Å². The van der Waals surface area contributed by atoms with Gasteiger partial charge in [0.15, 0.2) is 0 Å². The number of fused-ring (bicyclic) bond motifs is 1. The summed E-state index contributed by atoms with van der Waals surface area (Å²) < 4.78 is 0. The molecule has 5 heteroatoms. The van der Waals surface area contributed by atoms with Crippen LogP contribution in [0.1, 0.15) is 15.9 Å². The van der Waals surface area contributed by atoms with Gasteiger partial charge in [0.1, 0.15) is 11.5 Å². The van der Waals surface area contributed by atoms with Crippen molar-refractivity contribution >= 4 is 22.9 Å². The molecule has 23 heavy (non-hydrogen) atoms. The average Bonchev–Trinajstić information content (AvgIpc) is 2.57. The molecule has 3 rings (SSSR count). The van der Waals surface area contributed by atoms with Crippen LogP contribution in [0.3, 0.4) is 0 Å². The molecular weight excluding hydrogens is 292 g/mol. The predicted molar refractivity (Wildman–Crippen MR) is 88.8 cm³/mol. The third kappa shape index (κ3) is 3.13. The number of aromatic hydroxyl groups is 2. The van der Waals surface area contributed by atoms with Gasteiger partial charge in [0.05, 0.1) is 11.8 Å². The SMILES string of the molecule is O=C(N/N=C/c1ccc(O)cc1)c1ccc2ccccc2c1O. The van der Waals surface area contributed by atoms with E-state index in [9.17, 15) is 15.0 Å². The Hall–Kier alpha value is -3.34. The number of nitrogens with one attached hydrogen (secondary N) is 1. The van der Waals surface area contributed by atoms with Crippen LogP contribution in [0, 0.1) is 0 Å². The van der Waals surface area contributed by atoms with Crippen molar-refractivity contribution in [3.8, 4) is 11.5 Å². The van der Waals surface area contributed by atoms with E-state index in [1.807, 2.05) is 12.1 Å². The lowest BCUT2D eigenvalue weighted by Gasteiger charge is -2.06. The Labute approximate surface area is 132 Å². The van der Waals surface area contributed by atoms with Crippen molar-refractivity contribution in [3.05, 3.63) is 71.8 Å². The standard InChI is InChI=1S/C18H14N2O3/c21-14-8-5-12(6-9-14)11-19-20-18(23)16-10-7-13-3-1-2-4-15(13)17(16)22/h1-11,21-22H,(H,20,23)/b19-11+. The molecule has 0 heterocycles. The minimum absolute atomic E-state index is 0.0690. The van der Waals surface area contributed by atoms with Crippen molar-refractivity contribution < 1.29 is 15.0 Å². The topological polar surface area (TPSA) is 81.9 Å². The second-order valence-corrected chi connectivity index (χ2v) is 4.97. The number of carbonyl (C=O) groups excluding carboxylic acids is 1. The van der Waals surface area contributed by atoms with Gasteiger partial charge in [0.2, 0.25) is 0 Å². The molecular formula is C18H14N2O3. The summed E-state index contributed by atoms with van der Waals surface area (Å²) in [4.78, 5) is 12.1. The van der Waals surface area contributed by atoms with E-state index in [2.05, 4.69) is 10.5 Å². The number of nitrogens with zero attached hydrogens (tertiary/aromatic N) is 1. The minimum atomic E-state index is -0.497. The number of rotatable bonds is 3. The highest BCUT2D eigenvalue weighted by Gasteiger charge is 2.12. The zero-order chi connectivity index (χ0) is 16.2. The van der Waals surface area contributed by atoms with E-state index in [1.165, 1.54) is 18.3 Å². The highest BCUT2D eigenvalue weighted by molar-refractivity contribution is 6.03. The van der Waals surface area contributed by atoms with Crippen molar-refractivity contribution in [2.75, 3.05) is 0 Å². The first-order chi connectivity index (χ1) is 11.1. The number of phenols is 2. The molecule has 0 aliphatic rings. The maximum absolute atomic E-state index is 12.1. The van der Waals surface area contributed by atoms with Gasteiger partial charge in [-0.15, -0.1) is 0 Å². The van der Waals surface area contributed by atoms with Gasteiger partial charge < -0.3 is 10.2 Å². The number of amides is 1. The summed E-state index contributed by atoms with van der Waals surface area (Å²) in [5.74, 6) is -0.406. The second kappa shape index (κ2) is 6.19. The molecule has 0 aromatic heterocycles. The Morgan fingerprint density at radius 2 is 1.70 bits per heavy atom. The summed E-state index contributed by atoms with van der Waals surface area (Å²) in [7, 11) is 0. The van der Waals surface area contributed by atoms with E-state index in [1.54, 1.807) is 36.4 Å². The van der Waals surface area contributed by atoms with E-state index >= 15 is 0 Å². The van der Waals surface area contributed by atoms with Crippen LogP contribution in [0.25, 0.3) is 10.8 Å². The van der Waals surface area contributed by atoms with Crippen LogP contribution in [0.5, 0.6) is 11.5 Å². The van der Waals surface area contributed by atoms with Gasteiger partial charge in [-0.3, -0.25) is 4.79 Å². The van der Waals surface area contributed by atoms with Crippen molar-refractivity contribution in [3.63, 3.8) is 0 Å². The Morgan fingerprint density at radius 1 is 0.957 bits per heavy atom. The molecule has 0 bridgehead atoms. The Morgan fingerprint density at radius 3 is 2.48 bits per heavy atom. The van der Waals surface area contributed by atoms with Crippen LogP contribution >= 0.6 is 0 Å². The average molecular weight is 306 g/mol. The van der Waals surface area contributed by atoms with Crippen LogP contribution in [0.2, 0.25) is 0 Å². The normalized spacial score (nSPS) is 11.0. The largest absolute Gasteiger partial charge is 0.508 e. The maximum atomic E-state index is 12.1. The molecule has 1 amide bonds. The van der Waals surface area contributed by atoms with Gasteiger partial charge in [0.25, 0.3) is 5.91 Å². The summed E-state index contributed by atoms with van der Waals surface area (Å²) in [5, 5.41) is 24.7. The Kier molecular flexibility index (Phi) is 3.93. The lowest BCUT2D eigenvalue weighted by Crippen LogP contribution is -2.17. The van der Waals surface area contributed by atoms with Crippen LogP contribution in [0.4, 0.5) is 0 Å². The smallest absolute Gasteiger partial charge is 0.275 e. The maximum Gasteiger partial charge on any atom is 0.275 e. The molecule has 0 aliphatic heterocycles. The highest BCUT2D eigenvalue weighted by atomic mass is 16.3. The van der Waals surface area contributed by atoms with Gasteiger partial charge in [0, 0.05) is 5.39 Å². The van der Waals surface area contributed by atoms with Crippen LogP contribution in [0.15, 0.2) is 65.8 Å². The molecule has 0 saturated heterocycles. The van der Waals surface area contributed by atoms with E-state index in [-0.39, 0.29) is 17.1 Å². The van der Waals surface area contributed by atoms with Crippen molar-refractivity contribution in [1.29, 1.82) is 0 Å². The quantitative estimate of drug-likeness (QED) is 0.514. The van der Waals surface area contributed by atoms with E-state index in [4.69, 9.17) is 0 Å². The number of hydrazone groups is 1. The summed E-state index contributed by atoms with van der Waals surface area (Å²) in [6.45, 7) is 0. The molecule has 0 saturated carbocycles. The van der Waals surface area contributed by atoms with Crippen LogP contribution in [-0.4, -0.2) is 22.3 Å². The molecule has 0 unspecified atom stereocenters. The minimum Gasteiger partial charge on any atom is -0.508 e. The van der Waals surface area contributed by atoms with Gasteiger partial charge in [-0.1, -0.05) is 30.3 Å². The molecule has 0 atom stereocenters. The zero-order valence-electron chi connectivity index (χ0n) is 12.1. The molecule has 0 aliphatic carbocycles. The van der Waals surface area contributed by atoms with E-state index in [0.29, 0.717) is 5.39 Å². The molecule has 0 spiro atoms. The van der Waals surface area contributed by atoms with Crippen LogP contribution < -0.4 is 5.43 Å². The second-order valence-electron chi connectivity index (χ2n) is 4.97. The fraction of sp³-hybridized carbons (Fsp3) is 0. The van der Waals surface area contributed by atoms with Gasteiger partial charge >= 0.3 is 0 Å². The molecule has 3 N–H and O–H groups in total. The summed E-state index contributed by atoms with van der Waals surface area (Å²) in [6, 6.07) is 17.0. The molecule has 5 nitrogen and oxygen atoms in total. The number of hydrogen-bond acceptors (Lipinski definition) is 4. The number of carbonyl (C=O) groups is 1. The monoisotopic (exact) mass is 306 g/mol. The summed E-state index contributed by atoms with van der Waals surface area (Å²) >= 11 is 0. The third-order valence-corrected chi connectivity index (χ3v) is 3.42. The first-order valence-corrected chi connectivity index (χ1v) is 6.98. The number of benzene rings is 3. The molecule has 3 aromatic carbocycles. The third-order valence-electron chi connectivity index (χ3n) is 3.42. The predicted octanol–water partition coefficient (Wildman–Crippen LogP) is 3.01. The molecule has 114 valence electrons. The fourth-order valence-corrected chi connectivity index (χ4v) is 2.22. The summed E-state index contributed by atoms with van der Waals surface area (Å²) in [6.07, 6.45) is 1.45. The zero-order valence-corrected chi connectivity index (χ0v) is 12.1. The Balaban J connectivity index is 1.78. The Bertz CT molecular complexity index is 886. The van der Waals surface area contributed by atoms with Crippen molar-refractivity contribution in [2.45, 2.75) is 0 Å². The van der Waals surface area contributed by atoms with E-state index < -0.39 is 5.91 Å². The summed E-state index contributed by atoms with van der Waals surface area (Å²) in [5.41, 5.74) is 3.26. The lowest BCUT2D eigenvalue weighted by molar-refractivity contribution is 0.0952. The molecule has 0 fully saturated rings. The number of hydrogen-bond donors (Lipinski definition) is 3. The van der Waals surface area contributed by atoms with Gasteiger partial charge in [-0.2, -0.15) is 5.10 Å².